The van der Waals surface area contributed by atoms with Gasteiger partial charge in [0, 0.05) is 21.3 Å². The second-order valence-corrected chi connectivity index (χ2v) is 7.00. The average molecular weight is 453 g/mol. The van der Waals surface area contributed by atoms with Gasteiger partial charge in [-0.1, -0.05) is 34.1 Å². The van der Waals surface area contributed by atoms with Crippen molar-refractivity contribution in [2.45, 2.75) is 13.8 Å². The van der Waals surface area contributed by atoms with Crippen molar-refractivity contribution in [2.75, 3.05) is 6.61 Å². The lowest BCUT2D eigenvalue weighted by atomic mass is 10.0. The molecule has 0 aliphatic carbocycles. The SMILES string of the molecule is CCOc1cc(-c2cc(C)[nH]c(=O)c2C#N)c(Br)cc1OC(=O)c1ccccc1. The number of hydrogen-bond acceptors (Lipinski definition) is 5. The van der Waals surface area contributed by atoms with E-state index in [1.165, 1.54) is 0 Å². The Bertz CT molecular complexity index is 1160. The molecule has 1 heterocycles. The van der Waals surface area contributed by atoms with Crippen molar-refractivity contribution in [3.8, 4) is 28.7 Å². The monoisotopic (exact) mass is 452 g/mol. The third-order valence-corrected chi connectivity index (χ3v) is 4.77. The van der Waals surface area contributed by atoms with E-state index in [1.54, 1.807) is 49.4 Å². The molecule has 6 nitrogen and oxygen atoms in total. The maximum Gasteiger partial charge on any atom is 0.343 e. The second-order valence-electron chi connectivity index (χ2n) is 6.15. The van der Waals surface area contributed by atoms with Crippen LogP contribution in [-0.2, 0) is 0 Å². The maximum absolute atomic E-state index is 12.4. The van der Waals surface area contributed by atoms with Crippen molar-refractivity contribution in [1.29, 1.82) is 5.26 Å². The summed E-state index contributed by atoms with van der Waals surface area (Å²) in [7, 11) is 0. The number of ether oxygens (including phenoxy) is 2. The fourth-order valence-electron chi connectivity index (χ4n) is 2.83. The van der Waals surface area contributed by atoms with E-state index in [2.05, 4.69) is 20.9 Å². The Morgan fingerprint density at radius 1 is 1.14 bits per heavy atom. The van der Waals surface area contributed by atoms with Crippen LogP contribution in [0.25, 0.3) is 11.1 Å². The third kappa shape index (κ3) is 4.39. The van der Waals surface area contributed by atoms with Gasteiger partial charge in [-0.15, -0.1) is 0 Å². The molecule has 0 aliphatic rings. The van der Waals surface area contributed by atoms with Gasteiger partial charge >= 0.3 is 5.97 Å². The van der Waals surface area contributed by atoms with Gasteiger partial charge in [0.25, 0.3) is 5.56 Å². The number of halogens is 1. The van der Waals surface area contributed by atoms with Crippen LogP contribution in [-0.4, -0.2) is 17.6 Å². The normalized spacial score (nSPS) is 10.3. The lowest BCUT2D eigenvalue weighted by Gasteiger charge is -2.15. The quantitative estimate of drug-likeness (QED) is 0.450. The zero-order valence-electron chi connectivity index (χ0n) is 15.8. The number of aromatic nitrogens is 1. The number of nitrogens with zero attached hydrogens (tertiary/aromatic N) is 1. The molecule has 0 bridgehead atoms. The maximum atomic E-state index is 12.4. The summed E-state index contributed by atoms with van der Waals surface area (Å²) in [5.41, 5.74) is 1.60. The molecular weight excluding hydrogens is 436 g/mol. The Kier molecular flexibility index (Phi) is 6.15. The summed E-state index contributed by atoms with van der Waals surface area (Å²) in [5.74, 6) is 0.0455. The number of benzene rings is 2. The molecule has 2 aromatic carbocycles. The molecule has 0 saturated carbocycles. The van der Waals surface area contributed by atoms with E-state index >= 15 is 0 Å². The molecule has 0 saturated heterocycles. The van der Waals surface area contributed by atoms with E-state index in [0.29, 0.717) is 39.2 Å². The highest BCUT2D eigenvalue weighted by atomic mass is 79.9. The van der Waals surface area contributed by atoms with Gasteiger partial charge < -0.3 is 14.5 Å². The molecule has 0 radical (unpaired) electrons. The highest BCUT2D eigenvalue weighted by molar-refractivity contribution is 9.10. The van der Waals surface area contributed by atoms with Crippen LogP contribution in [0.1, 0.15) is 28.5 Å². The van der Waals surface area contributed by atoms with Crippen molar-refractivity contribution in [1.82, 2.24) is 4.98 Å². The zero-order chi connectivity index (χ0) is 21.0. The number of hydrogen-bond donors (Lipinski definition) is 1. The first-order chi connectivity index (χ1) is 13.9. The van der Waals surface area contributed by atoms with Crippen LogP contribution < -0.4 is 15.0 Å². The Balaban J connectivity index is 2.10. The highest BCUT2D eigenvalue weighted by Crippen LogP contribution is 2.40. The first-order valence-electron chi connectivity index (χ1n) is 8.82. The van der Waals surface area contributed by atoms with E-state index in [9.17, 15) is 14.9 Å². The predicted octanol–water partition coefficient (Wildman–Crippen LogP) is 4.60. The van der Waals surface area contributed by atoms with E-state index in [0.717, 1.165) is 0 Å². The molecule has 0 unspecified atom stereocenters. The molecule has 0 aliphatic heterocycles. The van der Waals surface area contributed by atoms with Crippen LogP contribution >= 0.6 is 15.9 Å². The predicted molar refractivity (Wildman–Crippen MR) is 112 cm³/mol. The van der Waals surface area contributed by atoms with Crippen LogP contribution in [0.4, 0.5) is 0 Å². The van der Waals surface area contributed by atoms with E-state index in [1.807, 2.05) is 19.1 Å². The number of aromatic amines is 1. The minimum absolute atomic E-state index is 0.00669. The number of carbonyl (C=O) groups is 1. The summed E-state index contributed by atoms with van der Waals surface area (Å²) in [5, 5.41) is 9.43. The average Bonchev–Trinajstić information content (AvgIpc) is 2.70. The van der Waals surface area contributed by atoms with Crippen LogP contribution in [0, 0.1) is 18.3 Å². The Hall–Kier alpha value is -3.37. The smallest absolute Gasteiger partial charge is 0.343 e. The summed E-state index contributed by atoms with van der Waals surface area (Å²) in [4.78, 5) is 27.2. The van der Waals surface area contributed by atoms with Gasteiger partial charge in [-0.25, -0.2) is 4.79 Å². The van der Waals surface area contributed by atoms with Gasteiger partial charge in [-0.3, -0.25) is 4.79 Å². The standard InChI is InChI=1S/C22H17BrN2O4/c1-3-28-19-10-16(15-9-13(2)25-21(26)17(15)12-24)18(23)11-20(19)29-22(27)14-7-5-4-6-8-14/h4-11H,3H2,1-2H3,(H,25,26). The van der Waals surface area contributed by atoms with Crippen molar-refractivity contribution < 1.29 is 14.3 Å². The summed E-state index contributed by atoms with van der Waals surface area (Å²) < 4.78 is 11.7. The summed E-state index contributed by atoms with van der Waals surface area (Å²) >= 11 is 3.46. The summed E-state index contributed by atoms with van der Waals surface area (Å²) in [6.07, 6.45) is 0. The fraction of sp³-hybridized carbons (Fsp3) is 0.136. The molecule has 7 heteroatoms. The van der Waals surface area contributed by atoms with Gasteiger partial charge in [0.15, 0.2) is 11.5 Å². The number of esters is 1. The number of nitriles is 1. The topological polar surface area (TPSA) is 92.2 Å². The van der Waals surface area contributed by atoms with E-state index in [-0.39, 0.29) is 11.3 Å². The number of H-pyrrole nitrogens is 1. The zero-order valence-corrected chi connectivity index (χ0v) is 17.4. The first kappa shape index (κ1) is 20.4. The minimum atomic E-state index is -0.518. The molecule has 146 valence electrons. The van der Waals surface area contributed by atoms with Crippen molar-refractivity contribution in [2.24, 2.45) is 0 Å². The van der Waals surface area contributed by atoms with Gasteiger partial charge in [-0.2, -0.15) is 5.26 Å². The van der Waals surface area contributed by atoms with Crippen LogP contribution in [0.15, 0.2) is 57.8 Å². The third-order valence-electron chi connectivity index (χ3n) is 4.12. The van der Waals surface area contributed by atoms with E-state index < -0.39 is 11.5 Å². The van der Waals surface area contributed by atoms with Crippen molar-refractivity contribution in [3.05, 3.63) is 80.2 Å². The molecule has 0 spiro atoms. The Morgan fingerprint density at radius 3 is 2.52 bits per heavy atom. The van der Waals surface area contributed by atoms with Gasteiger partial charge in [-0.05, 0) is 44.2 Å². The molecule has 0 amide bonds. The summed E-state index contributed by atoms with van der Waals surface area (Å²) in [6.45, 7) is 3.89. The molecule has 3 rings (SSSR count). The summed E-state index contributed by atoms with van der Waals surface area (Å²) in [6, 6.07) is 15.5. The van der Waals surface area contributed by atoms with Crippen LogP contribution in [0.5, 0.6) is 11.5 Å². The number of pyridine rings is 1. The highest BCUT2D eigenvalue weighted by Gasteiger charge is 2.19. The lowest BCUT2D eigenvalue weighted by molar-refractivity contribution is 0.0728. The van der Waals surface area contributed by atoms with E-state index in [4.69, 9.17) is 9.47 Å². The molecular formula is C22H17BrN2O4. The number of carbonyl (C=O) groups excluding carboxylic acids is 1. The molecule has 0 fully saturated rings. The van der Waals surface area contributed by atoms with Crippen molar-refractivity contribution >= 4 is 21.9 Å². The van der Waals surface area contributed by atoms with Gasteiger partial charge in [0.2, 0.25) is 0 Å². The molecule has 29 heavy (non-hydrogen) atoms. The fourth-order valence-corrected chi connectivity index (χ4v) is 3.37. The minimum Gasteiger partial charge on any atom is -0.490 e. The Morgan fingerprint density at radius 2 is 1.86 bits per heavy atom. The Labute approximate surface area is 175 Å². The number of rotatable bonds is 5. The van der Waals surface area contributed by atoms with Crippen LogP contribution in [0.2, 0.25) is 0 Å². The first-order valence-corrected chi connectivity index (χ1v) is 9.61. The van der Waals surface area contributed by atoms with Gasteiger partial charge in [0.05, 0.1) is 12.2 Å². The second kappa shape index (κ2) is 8.76. The molecule has 1 aromatic heterocycles. The molecule has 0 atom stereocenters. The largest absolute Gasteiger partial charge is 0.490 e. The van der Waals surface area contributed by atoms with Crippen LogP contribution in [0.3, 0.4) is 0 Å². The lowest BCUT2D eigenvalue weighted by Crippen LogP contribution is -2.13. The van der Waals surface area contributed by atoms with Gasteiger partial charge in [0.1, 0.15) is 11.6 Å². The number of aryl methyl sites for hydroxylation is 1. The molecule has 1 N–H and O–H groups in total. The number of nitrogens with one attached hydrogen (secondary N) is 1. The molecule has 3 aromatic rings. The van der Waals surface area contributed by atoms with Crippen molar-refractivity contribution in [3.63, 3.8) is 0 Å².